The zero-order chi connectivity index (χ0) is 7.11. The summed E-state index contributed by atoms with van der Waals surface area (Å²) in [7, 11) is 0. The molecule has 1 aromatic rings. The Morgan fingerprint density at radius 3 is 2.20 bits per heavy atom. The van der Waals surface area contributed by atoms with Gasteiger partial charge in [-0.2, -0.15) is 19.9 Å². The van der Waals surface area contributed by atoms with E-state index < -0.39 is 0 Å². The maximum atomic E-state index is 4.53. The van der Waals surface area contributed by atoms with Gasteiger partial charge in [0, 0.05) is 0 Å². The Hall–Kier alpha value is 0.262. The summed E-state index contributed by atoms with van der Waals surface area (Å²) in [5.41, 5.74) is 0. The van der Waals surface area contributed by atoms with E-state index in [1.54, 1.807) is 6.07 Å². The van der Waals surface area contributed by atoms with E-state index in [9.17, 15) is 0 Å². The molecule has 2 nitrogen and oxygen atoms in total. The van der Waals surface area contributed by atoms with Crippen LogP contribution in [0, 0.1) is 50.7 Å². The largest absolute Gasteiger partial charge is 2.00 e. The molecule has 0 amide bonds. The summed E-state index contributed by atoms with van der Waals surface area (Å²) >= 11 is 0. The topological polar surface area (TPSA) is 26.0 Å². The maximum absolute atomic E-state index is 4.53. The number of hydrogen-bond acceptors (Lipinski definition) is 2. The van der Waals surface area contributed by atoms with Crippen LogP contribution in [0.3, 0.4) is 0 Å². The van der Waals surface area contributed by atoms with E-state index in [4.69, 9.17) is 0 Å². The number of nitrogens with zero attached hydrogens (tertiary/aromatic N) is 1. The fraction of sp³-hybridized carbons (Fsp3) is 0.429. The maximum Gasteiger partial charge on any atom is 2.00 e. The standard InChI is InChI=1S/C4H4NO.C3H7.U/c1-4-2-3-5-6-4;1-3-2;/h2H,1H3;3H,1-2H3;/q2*-1;+2. The molecule has 0 atom stereocenters. The molecule has 0 fully saturated rings. The fourth-order valence-electron chi connectivity index (χ4n) is 0.242. The van der Waals surface area contributed by atoms with Crippen LogP contribution < -0.4 is 0 Å². The summed E-state index contributed by atoms with van der Waals surface area (Å²) in [6.45, 7) is 5.82. The average Bonchev–Trinajstić information content (AvgIpc) is 2.20. The minimum Gasteiger partial charge on any atom is -0.471 e. The molecule has 3 heteroatoms. The number of aromatic nitrogens is 1. The molecule has 0 aliphatic carbocycles. The quantitative estimate of drug-likeness (QED) is 0.660. The first-order valence-electron chi connectivity index (χ1n) is 2.84. The monoisotopic (exact) mass is 363 g/mol. The minimum atomic E-state index is 0. The normalized spacial score (nSPS) is 7.10. The second kappa shape index (κ2) is 9.26. The zero-order valence-electron chi connectivity index (χ0n) is 6.51. The molecule has 0 saturated carbocycles. The van der Waals surface area contributed by atoms with Crippen molar-refractivity contribution >= 4 is 0 Å². The fourth-order valence-corrected chi connectivity index (χ4v) is 0.242. The van der Waals surface area contributed by atoms with Crippen LogP contribution in [0.1, 0.15) is 19.6 Å². The van der Waals surface area contributed by atoms with E-state index in [1.165, 1.54) is 0 Å². The van der Waals surface area contributed by atoms with Gasteiger partial charge in [-0.25, -0.2) is 5.16 Å². The van der Waals surface area contributed by atoms with Gasteiger partial charge in [0.15, 0.2) is 0 Å². The molecule has 0 unspecified atom stereocenters. The van der Waals surface area contributed by atoms with Crippen molar-refractivity contribution in [1.29, 1.82) is 0 Å². The average molecular weight is 363 g/mol. The van der Waals surface area contributed by atoms with Crippen LogP contribution in [0.5, 0.6) is 0 Å². The first-order chi connectivity index (χ1) is 4.31. The molecule has 0 saturated heterocycles. The molecule has 0 bridgehead atoms. The first-order valence-corrected chi connectivity index (χ1v) is 2.84. The summed E-state index contributed by atoms with van der Waals surface area (Å²) in [6.07, 6.45) is 4.51. The smallest absolute Gasteiger partial charge is 0.471 e. The van der Waals surface area contributed by atoms with Gasteiger partial charge >= 0.3 is 31.1 Å². The Bertz CT molecular complexity index is 128. The summed E-state index contributed by atoms with van der Waals surface area (Å²) in [5.74, 6) is 0.801. The van der Waals surface area contributed by atoms with Gasteiger partial charge in [0.1, 0.15) is 0 Å². The second-order valence-corrected chi connectivity index (χ2v) is 1.64. The van der Waals surface area contributed by atoms with E-state index in [2.05, 4.69) is 15.9 Å². The predicted molar refractivity (Wildman–Crippen MR) is 35.7 cm³/mol. The van der Waals surface area contributed by atoms with E-state index in [0.29, 0.717) is 0 Å². The zero-order valence-corrected chi connectivity index (χ0v) is 10.7. The van der Waals surface area contributed by atoms with Crippen LogP contribution in [0.2, 0.25) is 0 Å². The molecule has 10 heavy (non-hydrogen) atoms. The molecule has 0 aromatic carbocycles. The van der Waals surface area contributed by atoms with E-state index in [1.807, 2.05) is 27.2 Å². The van der Waals surface area contributed by atoms with Crippen molar-refractivity contribution in [2.75, 3.05) is 0 Å². The molecule has 1 heterocycles. The SMILES string of the molecule is C[CH-]C.Cc1c[c-]no1.[U+2]. The number of hydrogen-bond donors (Lipinski definition) is 0. The van der Waals surface area contributed by atoms with Crippen LogP contribution in [-0.4, -0.2) is 5.16 Å². The molecular formula is C7H11NOU. The van der Waals surface area contributed by atoms with Crippen molar-refractivity contribution in [2.45, 2.75) is 20.8 Å². The van der Waals surface area contributed by atoms with Gasteiger partial charge in [0.25, 0.3) is 0 Å². The van der Waals surface area contributed by atoms with Crippen molar-refractivity contribution in [3.63, 3.8) is 0 Å². The van der Waals surface area contributed by atoms with Gasteiger partial charge in [0.2, 0.25) is 0 Å². The van der Waals surface area contributed by atoms with Crippen molar-refractivity contribution < 1.29 is 35.6 Å². The van der Waals surface area contributed by atoms with E-state index in [-0.39, 0.29) is 31.1 Å². The Labute approximate surface area is 85.7 Å². The summed E-state index contributed by atoms with van der Waals surface area (Å²) in [4.78, 5) is 0. The number of rotatable bonds is 0. The summed E-state index contributed by atoms with van der Waals surface area (Å²) in [6, 6.07) is 1.68. The van der Waals surface area contributed by atoms with Crippen LogP contribution in [0.15, 0.2) is 10.6 Å². The molecule has 0 aliphatic rings. The van der Waals surface area contributed by atoms with Crippen molar-refractivity contribution in [3.8, 4) is 0 Å². The molecule has 0 spiro atoms. The van der Waals surface area contributed by atoms with Gasteiger partial charge in [0.05, 0.1) is 0 Å². The van der Waals surface area contributed by atoms with Gasteiger partial charge in [-0.15, -0.1) is 6.20 Å². The number of aryl methyl sites for hydroxylation is 1. The molecule has 0 radical (unpaired) electrons. The van der Waals surface area contributed by atoms with Gasteiger partial charge in [-0.1, -0.05) is 6.92 Å². The molecule has 0 aliphatic heterocycles. The van der Waals surface area contributed by atoms with E-state index >= 15 is 0 Å². The Kier molecular flexibility index (Phi) is 11.9. The Morgan fingerprint density at radius 2 is 2.10 bits per heavy atom. The first kappa shape index (κ1) is 12.9. The third-order valence-electron chi connectivity index (χ3n) is 0.510. The molecule has 1 aromatic heterocycles. The summed E-state index contributed by atoms with van der Waals surface area (Å²) in [5, 5.41) is 3.32. The van der Waals surface area contributed by atoms with Crippen molar-refractivity contribution in [2.24, 2.45) is 0 Å². The molecule has 54 valence electrons. The molecule has 1 rings (SSSR count). The second-order valence-electron chi connectivity index (χ2n) is 1.64. The van der Waals surface area contributed by atoms with E-state index in [0.717, 1.165) is 5.76 Å². The predicted octanol–water partition coefficient (Wildman–Crippen LogP) is 2.01. The van der Waals surface area contributed by atoms with Gasteiger partial charge in [-0.3, -0.25) is 0 Å². The van der Waals surface area contributed by atoms with Crippen LogP contribution in [0.25, 0.3) is 0 Å². The third kappa shape index (κ3) is 8.26. The Balaban J connectivity index is 0. The third-order valence-corrected chi connectivity index (χ3v) is 0.510. The minimum absolute atomic E-state index is 0. The van der Waals surface area contributed by atoms with Gasteiger partial charge in [-0.05, 0) is 5.76 Å². The Morgan fingerprint density at radius 1 is 1.60 bits per heavy atom. The van der Waals surface area contributed by atoms with Gasteiger partial charge < -0.3 is 10.9 Å². The molecule has 0 N–H and O–H groups in total. The van der Waals surface area contributed by atoms with Crippen molar-refractivity contribution in [3.05, 3.63) is 24.4 Å². The molecular weight excluding hydrogens is 352 g/mol. The van der Waals surface area contributed by atoms with Crippen LogP contribution in [-0.2, 0) is 0 Å². The summed E-state index contributed by atoms with van der Waals surface area (Å²) < 4.78 is 4.53. The van der Waals surface area contributed by atoms with Crippen molar-refractivity contribution in [1.82, 2.24) is 5.16 Å². The van der Waals surface area contributed by atoms with Crippen LogP contribution in [0.4, 0.5) is 0 Å². The van der Waals surface area contributed by atoms with Crippen LogP contribution >= 0.6 is 0 Å².